The minimum Gasteiger partial charge on any atom is -0.466 e. The van der Waals surface area contributed by atoms with Crippen LogP contribution in [0.25, 0.3) is 6.08 Å². The summed E-state index contributed by atoms with van der Waals surface area (Å²) in [6.07, 6.45) is 1.25. The highest BCUT2D eigenvalue weighted by molar-refractivity contribution is 8.26. The molecule has 2 amide bonds. The lowest BCUT2D eigenvalue weighted by atomic mass is 10.1. The highest BCUT2D eigenvalue weighted by atomic mass is 35.6. The summed E-state index contributed by atoms with van der Waals surface area (Å²) in [6, 6.07) is 23.8. The number of carbonyl (C=O) groups excluding carboxylic acids is 2. The van der Waals surface area contributed by atoms with Crippen LogP contribution in [0.2, 0.25) is 0 Å². The van der Waals surface area contributed by atoms with Crippen molar-refractivity contribution in [2.75, 3.05) is 6.54 Å². The summed E-state index contributed by atoms with van der Waals surface area (Å²) in [5.41, 5.74) is 3.35. The topological polar surface area (TPSA) is 58.6 Å². The molecule has 0 spiro atoms. The molecule has 3 aromatic rings. The van der Waals surface area contributed by atoms with Crippen LogP contribution in [-0.4, -0.2) is 37.6 Å². The van der Waals surface area contributed by atoms with Gasteiger partial charge in [0.25, 0.3) is 11.8 Å². The number of carbonyl (C=O) groups is 2. The SMILES string of the molecule is Cc1ccc(C(=O)NC(Oc2ccc(/C=C3/SC(=S)N(CCc4ccccc4)C3=O)cc2)C(Cl)(Cl)Cl)cc1. The molecule has 1 aliphatic rings. The van der Waals surface area contributed by atoms with E-state index in [1.807, 2.05) is 49.4 Å². The Morgan fingerprint density at radius 3 is 2.34 bits per heavy atom. The van der Waals surface area contributed by atoms with E-state index in [1.165, 1.54) is 11.8 Å². The van der Waals surface area contributed by atoms with Gasteiger partial charge in [-0.05, 0) is 54.8 Å². The molecule has 0 aliphatic carbocycles. The van der Waals surface area contributed by atoms with Gasteiger partial charge in [-0.2, -0.15) is 0 Å². The van der Waals surface area contributed by atoms with Crippen molar-refractivity contribution in [1.29, 1.82) is 0 Å². The number of hydrogen-bond donors (Lipinski definition) is 1. The Morgan fingerprint density at radius 1 is 1.05 bits per heavy atom. The Labute approximate surface area is 246 Å². The van der Waals surface area contributed by atoms with Gasteiger partial charge in [-0.3, -0.25) is 14.5 Å². The van der Waals surface area contributed by atoms with Crippen molar-refractivity contribution in [1.82, 2.24) is 10.2 Å². The number of thioether (sulfide) groups is 1. The Morgan fingerprint density at radius 2 is 1.71 bits per heavy atom. The van der Waals surface area contributed by atoms with Crippen LogP contribution in [0.1, 0.15) is 27.0 Å². The van der Waals surface area contributed by atoms with E-state index in [4.69, 9.17) is 51.8 Å². The Balaban J connectivity index is 1.40. The number of ether oxygens (including phenoxy) is 1. The molecular formula is C28H23Cl3N2O3S2. The van der Waals surface area contributed by atoms with Gasteiger partial charge in [0.05, 0.1) is 4.91 Å². The molecule has 3 aromatic carbocycles. The number of amides is 2. The lowest BCUT2D eigenvalue weighted by Crippen LogP contribution is -2.47. The van der Waals surface area contributed by atoms with Gasteiger partial charge in [-0.25, -0.2) is 0 Å². The second-order valence-corrected chi connectivity index (χ2v) is 12.6. The van der Waals surface area contributed by atoms with E-state index in [2.05, 4.69) is 5.32 Å². The number of benzene rings is 3. The summed E-state index contributed by atoms with van der Waals surface area (Å²) < 4.78 is 4.41. The molecule has 1 heterocycles. The standard InChI is InChI=1S/C28H23Cl3N2O3S2/c1-18-7-11-21(12-8-18)24(34)32-26(28(29,30)31)36-22-13-9-20(10-14-22)17-23-25(35)33(27(37)38-23)16-15-19-5-3-2-4-6-19/h2-14,17,26H,15-16H2,1H3,(H,32,34)/b23-17+. The molecule has 0 radical (unpaired) electrons. The van der Waals surface area contributed by atoms with Crippen molar-refractivity contribution in [3.05, 3.63) is 106 Å². The van der Waals surface area contributed by atoms with Crippen LogP contribution >= 0.6 is 58.8 Å². The highest BCUT2D eigenvalue weighted by Crippen LogP contribution is 2.34. The molecule has 38 heavy (non-hydrogen) atoms. The molecule has 1 saturated heterocycles. The quantitative estimate of drug-likeness (QED) is 0.130. The first-order chi connectivity index (χ1) is 18.1. The molecule has 4 rings (SSSR count). The maximum absolute atomic E-state index is 12.9. The molecule has 1 unspecified atom stereocenters. The van der Waals surface area contributed by atoms with Crippen LogP contribution < -0.4 is 10.1 Å². The van der Waals surface area contributed by atoms with Gasteiger partial charge in [0.1, 0.15) is 10.1 Å². The average molecular weight is 606 g/mol. The number of halogens is 3. The number of rotatable bonds is 8. The fourth-order valence-corrected chi connectivity index (χ4v) is 5.20. The molecule has 1 aliphatic heterocycles. The largest absolute Gasteiger partial charge is 0.466 e. The van der Waals surface area contributed by atoms with Crippen molar-refractivity contribution < 1.29 is 14.3 Å². The van der Waals surface area contributed by atoms with Crippen LogP contribution in [0.5, 0.6) is 5.75 Å². The van der Waals surface area contributed by atoms with Crippen LogP contribution in [0.4, 0.5) is 0 Å². The number of nitrogens with zero attached hydrogens (tertiary/aromatic N) is 1. The van der Waals surface area contributed by atoms with Crippen LogP contribution in [-0.2, 0) is 11.2 Å². The molecule has 1 atom stereocenters. The Hall–Kier alpha value is -2.55. The zero-order valence-electron chi connectivity index (χ0n) is 20.2. The molecule has 5 nitrogen and oxygen atoms in total. The molecule has 196 valence electrons. The number of nitrogens with one attached hydrogen (secondary N) is 1. The van der Waals surface area contributed by atoms with E-state index < -0.39 is 15.9 Å². The zero-order chi connectivity index (χ0) is 27.3. The summed E-state index contributed by atoms with van der Waals surface area (Å²) in [7, 11) is 0. The van der Waals surface area contributed by atoms with E-state index in [9.17, 15) is 9.59 Å². The van der Waals surface area contributed by atoms with Crippen molar-refractivity contribution in [3.8, 4) is 5.75 Å². The fourth-order valence-electron chi connectivity index (χ4n) is 3.59. The molecule has 1 N–H and O–H groups in total. The third kappa shape index (κ3) is 7.52. The summed E-state index contributed by atoms with van der Waals surface area (Å²) in [4.78, 5) is 27.7. The van der Waals surface area contributed by atoms with E-state index in [0.29, 0.717) is 27.1 Å². The maximum Gasteiger partial charge on any atom is 0.266 e. The van der Waals surface area contributed by atoms with E-state index in [-0.39, 0.29) is 5.91 Å². The second kappa shape index (κ2) is 12.5. The minimum absolute atomic E-state index is 0.119. The van der Waals surface area contributed by atoms with E-state index in [1.54, 1.807) is 47.4 Å². The smallest absolute Gasteiger partial charge is 0.266 e. The van der Waals surface area contributed by atoms with Gasteiger partial charge in [0.2, 0.25) is 10.0 Å². The van der Waals surface area contributed by atoms with E-state index >= 15 is 0 Å². The fraction of sp³-hybridized carbons (Fsp3) is 0.179. The highest BCUT2D eigenvalue weighted by Gasteiger charge is 2.36. The maximum atomic E-state index is 12.9. The lowest BCUT2D eigenvalue weighted by Gasteiger charge is -2.26. The summed E-state index contributed by atoms with van der Waals surface area (Å²) in [6.45, 7) is 2.44. The number of thiocarbonyl (C=S) groups is 1. The Kier molecular flexibility index (Phi) is 9.39. The van der Waals surface area contributed by atoms with E-state index in [0.717, 1.165) is 23.1 Å². The van der Waals surface area contributed by atoms with Crippen LogP contribution in [0.15, 0.2) is 83.8 Å². The normalized spacial score (nSPS) is 15.6. The van der Waals surface area contributed by atoms with Gasteiger partial charge >= 0.3 is 0 Å². The van der Waals surface area contributed by atoms with Crippen molar-refractivity contribution in [2.24, 2.45) is 0 Å². The Bertz CT molecular complexity index is 1340. The van der Waals surface area contributed by atoms with Gasteiger partial charge in [0.15, 0.2) is 0 Å². The third-order valence-corrected chi connectivity index (χ3v) is 7.62. The molecule has 0 aromatic heterocycles. The number of hydrogen-bond acceptors (Lipinski definition) is 5. The van der Waals surface area contributed by atoms with Crippen molar-refractivity contribution in [2.45, 2.75) is 23.4 Å². The van der Waals surface area contributed by atoms with Crippen LogP contribution in [0, 0.1) is 6.92 Å². The molecule has 0 bridgehead atoms. The number of aryl methyl sites for hydroxylation is 1. The summed E-state index contributed by atoms with van der Waals surface area (Å²) >= 11 is 25.0. The molecular weight excluding hydrogens is 583 g/mol. The minimum atomic E-state index is -1.92. The van der Waals surface area contributed by atoms with Gasteiger partial charge < -0.3 is 10.1 Å². The predicted molar refractivity (Wildman–Crippen MR) is 160 cm³/mol. The van der Waals surface area contributed by atoms with Crippen molar-refractivity contribution >= 4 is 81.0 Å². The second-order valence-electron chi connectivity index (χ2n) is 8.52. The van der Waals surface area contributed by atoms with Crippen molar-refractivity contribution in [3.63, 3.8) is 0 Å². The first-order valence-corrected chi connectivity index (χ1v) is 14.0. The zero-order valence-corrected chi connectivity index (χ0v) is 24.1. The third-order valence-electron chi connectivity index (χ3n) is 5.65. The first-order valence-electron chi connectivity index (χ1n) is 11.6. The number of alkyl halides is 3. The monoisotopic (exact) mass is 604 g/mol. The summed E-state index contributed by atoms with van der Waals surface area (Å²) in [5.74, 6) is -0.184. The van der Waals surface area contributed by atoms with Gasteiger partial charge in [-0.15, -0.1) is 0 Å². The summed E-state index contributed by atoms with van der Waals surface area (Å²) in [5, 5.41) is 2.62. The lowest BCUT2D eigenvalue weighted by molar-refractivity contribution is -0.122. The molecule has 1 fully saturated rings. The van der Waals surface area contributed by atoms with Gasteiger partial charge in [0, 0.05) is 12.1 Å². The average Bonchev–Trinajstić information content (AvgIpc) is 3.15. The predicted octanol–water partition coefficient (Wildman–Crippen LogP) is 6.94. The molecule has 10 heteroatoms. The first kappa shape index (κ1) is 28.5. The van der Waals surface area contributed by atoms with Crippen LogP contribution in [0.3, 0.4) is 0 Å². The molecule has 0 saturated carbocycles. The van der Waals surface area contributed by atoms with Gasteiger partial charge in [-0.1, -0.05) is 119 Å².